The van der Waals surface area contributed by atoms with E-state index in [4.69, 9.17) is 4.74 Å². The smallest absolute Gasteiger partial charge is 0.255 e. The SMILES string of the molecule is Cc1ccccc1C(=O)Nc1ccc(S(=O)(=O)N2CCOC(C)C2)cc1. The van der Waals surface area contributed by atoms with Gasteiger partial charge in [-0.3, -0.25) is 4.79 Å². The predicted molar refractivity (Wildman–Crippen MR) is 99.7 cm³/mol. The van der Waals surface area contributed by atoms with Gasteiger partial charge in [-0.1, -0.05) is 18.2 Å². The third-order valence-electron chi connectivity index (χ3n) is 4.34. The van der Waals surface area contributed by atoms with Gasteiger partial charge in [0.25, 0.3) is 5.91 Å². The van der Waals surface area contributed by atoms with Crippen molar-refractivity contribution < 1.29 is 17.9 Å². The molecule has 2 aromatic rings. The minimum atomic E-state index is -3.56. The van der Waals surface area contributed by atoms with Crippen molar-refractivity contribution in [1.82, 2.24) is 4.31 Å². The maximum Gasteiger partial charge on any atom is 0.255 e. The van der Waals surface area contributed by atoms with Crippen molar-refractivity contribution in [1.29, 1.82) is 0 Å². The molecule has 0 radical (unpaired) electrons. The van der Waals surface area contributed by atoms with Crippen molar-refractivity contribution in [2.24, 2.45) is 0 Å². The van der Waals surface area contributed by atoms with E-state index in [1.54, 1.807) is 24.3 Å². The van der Waals surface area contributed by atoms with Gasteiger partial charge in [-0.2, -0.15) is 4.31 Å². The number of amides is 1. The van der Waals surface area contributed by atoms with Crippen LogP contribution in [0.3, 0.4) is 0 Å². The molecule has 26 heavy (non-hydrogen) atoms. The molecule has 1 aliphatic rings. The van der Waals surface area contributed by atoms with Crippen LogP contribution in [0.25, 0.3) is 0 Å². The topological polar surface area (TPSA) is 75.7 Å². The molecule has 7 heteroatoms. The highest BCUT2D eigenvalue weighted by Crippen LogP contribution is 2.21. The van der Waals surface area contributed by atoms with Gasteiger partial charge in [0, 0.05) is 24.3 Å². The van der Waals surface area contributed by atoms with Crippen molar-refractivity contribution in [3.05, 3.63) is 59.7 Å². The Kier molecular flexibility index (Phi) is 5.41. The first-order chi connectivity index (χ1) is 12.4. The Morgan fingerprint density at radius 3 is 2.50 bits per heavy atom. The van der Waals surface area contributed by atoms with Crippen LogP contribution in [0, 0.1) is 6.92 Å². The molecule has 138 valence electrons. The Labute approximate surface area is 153 Å². The number of carbonyl (C=O) groups excluding carboxylic acids is 1. The molecule has 1 atom stereocenters. The first-order valence-corrected chi connectivity index (χ1v) is 9.91. The number of morpholine rings is 1. The van der Waals surface area contributed by atoms with E-state index in [-0.39, 0.29) is 16.9 Å². The molecule has 1 unspecified atom stereocenters. The van der Waals surface area contributed by atoms with Crippen LogP contribution in [0.1, 0.15) is 22.8 Å². The quantitative estimate of drug-likeness (QED) is 0.893. The minimum Gasteiger partial charge on any atom is -0.376 e. The lowest BCUT2D eigenvalue weighted by molar-refractivity contribution is 0.0102. The van der Waals surface area contributed by atoms with E-state index in [9.17, 15) is 13.2 Å². The average Bonchev–Trinajstić information content (AvgIpc) is 2.62. The van der Waals surface area contributed by atoms with Crippen LogP contribution in [0.15, 0.2) is 53.4 Å². The van der Waals surface area contributed by atoms with Gasteiger partial charge >= 0.3 is 0 Å². The van der Waals surface area contributed by atoms with Crippen LogP contribution >= 0.6 is 0 Å². The molecule has 1 fully saturated rings. The van der Waals surface area contributed by atoms with Crippen molar-refractivity contribution in [3.8, 4) is 0 Å². The van der Waals surface area contributed by atoms with Gasteiger partial charge in [0.1, 0.15) is 0 Å². The number of anilines is 1. The van der Waals surface area contributed by atoms with Gasteiger partial charge in [0.2, 0.25) is 10.0 Å². The maximum atomic E-state index is 12.7. The Balaban J connectivity index is 1.74. The molecule has 0 bridgehead atoms. The zero-order valence-electron chi connectivity index (χ0n) is 14.8. The van der Waals surface area contributed by atoms with Gasteiger partial charge < -0.3 is 10.1 Å². The molecule has 3 rings (SSSR count). The number of hydrogen-bond acceptors (Lipinski definition) is 4. The largest absolute Gasteiger partial charge is 0.376 e. The van der Waals surface area contributed by atoms with E-state index < -0.39 is 10.0 Å². The Morgan fingerprint density at radius 2 is 1.85 bits per heavy atom. The summed E-state index contributed by atoms with van der Waals surface area (Å²) in [5.74, 6) is -0.222. The molecule has 1 saturated heterocycles. The monoisotopic (exact) mass is 374 g/mol. The molecule has 0 spiro atoms. The lowest BCUT2D eigenvalue weighted by atomic mass is 10.1. The second-order valence-electron chi connectivity index (χ2n) is 6.34. The lowest BCUT2D eigenvalue weighted by Crippen LogP contribution is -2.44. The van der Waals surface area contributed by atoms with E-state index in [1.807, 2.05) is 26.0 Å². The summed E-state index contributed by atoms with van der Waals surface area (Å²) in [5.41, 5.74) is 2.02. The zero-order valence-corrected chi connectivity index (χ0v) is 15.6. The number of sulfonamides is 1. The van der Waals surface area contributed by atoms with E-state index in [0.717, 1.165) is 5.56 Å². The van der Waals surface area contributed by atoms with Crippen molar-refractivity contribution >= 4 is 21.6 Å². The van der Waals surface area contributed by atoms with Crippen LogP contribution in [0.2, 0.25) is 0 Å². The third-order valence-corrected chi connectivity index (χ3v) is 6.22. The molecule has 1 heterocycles. The Bertz CT molecular complexity index is 894. The van der Waals surface area contributed by atoms with Gasteiger partial charge in [0.15, 0.2) is 0 Å². The van der Waals surface area contributed by atoms with Gasteiger partial charge in [0.05, 0.1) is 17.6 Å². The normalized spacial score (nSPS) is 18.5. The molecule has 6 nitrogen and oxygen atoms in total. The summed E-state index contributed by atoms with van der Waals surface area (Å²) >= 11 is 0. The highest BCUT2D eigenvalue weighted by atomic mass is 32.2. The van der Waals surface area contributed by atoms with Crippen molar-refractivity contribution in [2.75, 3.05) is 25.0 Å². The van der Waals surface area contributed by atoms with Gasteiger partial charge in [-0.25, -0.2) is 8.42 Å². The Hall–Kier alpha value is -2.22. The molecule has 2 aromatic carbocycles. The summed E-state index contributed by atoms with van der Waals surface area (Å²) in [6.07, 6.45) is -0.119. The van der Waals surface area contributed by atoms with Gasteiger partial charge in [-0.15, -0.1) is 0 Å². The molecule has 1 aliphatic heterocycles. The molecule has 0 aliphatic carbocycles. The van der Waals surface area contributed by atoms with Crippen LogP contribution in [0.5, 0.6) is 0 Å². The van der Waals surface area contributed by atoms with Crippen molar-refractivity contribution in [2.45, 2.75) is 24.8 Å². The van der Waals surface area contributed by atoms with Crippen LogP contribution in [0.4, 0.5) is 5.69 Å². The highest BCUT2D eigenvalue weighted by Gasteiger charge is 2.29. The number of carbonyl (C=O) groups is 1. The second kappa shape index (κ2) is 7.57. The van der Waals surface area contributed by atoms with Crippen LogP contribution in [-0.2, 0) is 14.8 Å². The number of nitrogens with zero attached hydrogens (tertiary/aromatic N) is 1. The molecule has 1 amide bonds. The summed E-state index contributed by atoms with van der Waals surface area (Å²) in [6.45, 7) is 4.80. The summed E-state index contributed by atoms with van der Waals surface area (Å²) < 4.78 is 32.3. The van der Waals surface area contributed by atoms with Gasteiger partial charge in [-0.05, 0) is 49.7 Å². The predicted octanol–water partition coefficient (Wildman–Crippen LogP) is 2.66. The molecular weight excluding hydrogens is 352 g/mol. The Morgan fingerprint density at radius 1 is 1.15 bits per heavy atom. The van der Waals surface area contributed by atoms with Crippen LogP contribution < -0.4 is 5.32 Å². The molecular formula is C19H22N2O4S. The summed E-state index contributed by atoms with van der Waals surface area (Å²) in [4.78, 5) is 12.6. The fourth-order valence-electron chi connectivity index (χ4n) is 2.89. The van der Waals surface area contributed by atoms with E-state index in [2.05, 4.69) is 5.32 Å². The average molecular weight is 374 g/mol. The number of rotatable bonds is 4. The third kappa shape index (κ3) is 3.95. The summed E-state index contributed by atoms with van der Waals surface area (Å²) in [6, 6.07) is 13.5. The molecule has 0 aromatic heterocycles. The second-order valence-corrected chi connectivity index (χ2v) is 8.28. The number of hydrogen-bond donors (Lipinski definition) is 1. The number of ether oxygens (including phenoxy) is 1. The minimum absolute atomic E-state index is 0.119. The highest BCUT2D eigenvalue weighted by molar-refractivity contribution is 7.89. The number of aryl methyl sites for hydroxylation is 1. The van der Waals surface area contributed by atoms with Crippen LogP contribution in [-0.4, -0.2) is 44.4 Å². The summed E-state index contributed by atoms with van der Waals surface area (Å²) in [5, 5.41) is 2.80. The fourth-order valence-corrected chi connectivity index (χ4v) is 4.39. The zero-order chi connectivity index (χ0) is 18.7. The van der Waals surface area contributed by atoms with E-state index >= 15 is 0 Å². The number of benzene rings is 2. The lowest BCUT2D eigenvalue weighted by Gasteiger charge is -2.30. The first-order valence-electron chi connectivity index (χ1n) is 8.47. The maximum absolute atomic E-state index is 12.7. The first kappa shape index (κ1) is 18.6. The van der Waals surface area contributed by atoms with Crippen molar-refractivity contribution in [3.63, 3.8) is 0 Å². The van der Waals surface area contributed by atoms with E-state index in [1.165, 1.54) is 16.4 Å². The summed E-state index contributed by atoms with van der Waals surface area (Å²) in [7, 11) is -3.56. The standard InChI is InChI=1S/C19H22N2O4S/c1-14-5-3-4-6-18(14)19(22)20-16-7-9-17(10-8-16)26(23,24)21-11-12-25-15(2)13-21/h3-10,15H,11-13H2,1-2H3,(H,20,22). The molecule has 1 N–H and O–H groups in total. The van der Waals surface area contributed by atoms with E-state index in [0.29, 0.717) is 30.9 Å². The molecule has 0 saturated carbocycles. The number of nitrogens with one attached hydrogen (secondary N) is 1. The fraction of sp³-hybridized carbons (Fsp3) is 0.316.